The van der Waals surface area contributed by atoms with Gasteiger partial charge in [0.05, 0.1) is 18.6 Å². The number of aryl methyl sites for hydroxylation is 1. The fraction of sp³-hybridized carbons (Fsp3) is 0.500. The number of aliphatic carboxylic acids is 1. The minimum atomic E-state index is -0.965. The molecule has 1 aromatic rings. The van der Waals surface area contributed by atoms with Crippen LogP contribution in [0, 0.1) is 0 Å². The van der Waals surface area contributed by atoms with E-state index in [2.05, 4.69) is 5.32 Å². The molecule has 1 aliphatic heterocycles. The third-order valence-corrected chi connectivity index (χ3v) is 4.00. The van der Waals surface area contributed by atoms with Crippen molar-refractivity contribution in [3.8, 4) is 0 Å². The van der Waals surface area contributed by atoms with E-state index in [1.54, 1.807) is 11.8 Å². The highest BCUT2D eigenvalue weighted by molar-refractivity contribution is 5.93. The summed E-state index contributed by atoms with van der Waals surface area (Å²) in [6.07, 6.45) is 1.30. The molecular weight excluding hydrogens is 284 g/mol. The molecular formula is C16H22N2O4. The quantitative estimate of drug-likeness (QED) is 0.872. The van der Waals surface area contributed by atoms with Gasteiger partial charge in [-0.05, 0) is 31.4 Å². The van der Waals surface area contributed by atoms with Gasteiger partial charge in [0.1, 0.15) is 0 Å². The van der Waals surface area contributed by atoms with Gasteiger partial charge in [-0.2, -0.15) is 0 Å². The van der Waals surface area contributed by atoms with Gasteiger partial charge >= 0.3 is 12.0 Å². The Morgan fingerprint density at radius 2 is 2.14 bits per heavy atom. The van der Waals surface area contributed by atoms with Crippen molar-refractivity contribution in [2.75, 3.05) is 18.6 Å². The van der Waals surface area contributed by atoms with E-state index in [4.69, 9.17) is 9.84 Å². The number of carboxylic acid groups (broad SMARTS) is 1. The minimum absolute atomic E-state index is 0.170. The van der Waals surface area contributed by atoms with Gasteiger partial charge in [0.25, 0.3) is 0 Å². The predicted octanol–water partition coefficient (Wildman–Crippen LogP) is 2.03. The molecule has 0 bridgehead atoms. The largest absolute Gasteiger partial charge is 0.481 e. The third kappa shape index (κ3) is 3.76. The Hall–Kier alpha value is -2.08. The summed E-state index contributed by atoms with van der Waals surface area (Å²) < 4.78 is 5.17. The zero-order chi connectivity index (χ0) is 16.1. The maximum Gasteiger partial charge on any atom is 0.322 e. The maximum atomic E-state index is 12.5. The van der Waals surface area contributed by atoms with E-state index in [-0.39, 0.29) is 18.6 Å². The molecule has 0 saturated carbocycles. The lowest BCUT2D eigenvalue weighted by Gasteiger charge is -2.32. The molecule has 0 unspecified atom stereocenters. The second kappa shape index (κ2) is 7.26. The van der Waals surface area contributed by atoms with Crippen LogP contribution >= 0.6 is 0 Å². The number of amides is 2. The van der Waals surface area contributed by atoms with Gasteiger partial charge in [-0.15, -0.1) is 0 Å². The molecule has 2 rings (SSSR count). The number of ether oxygens (including phenoxy) is 1. The van der Waals surface area contributed by atoms with Crippen LogP contribution < -0.4 is 10.2 Å². The number of nitrogens with one attached hydrogen (secondary N) is 1. The second-order valence-corrected chi connectivity index (χ2v) is 5.48. The zero-order valence-corrected chi connectivity index (χ0v) is 12.9. The standard InChI is InChI=1S/C16H22N2O4/c1-11(22-2)13(10-15(19)20)17-16(21)18-9-5-7-12-6-3-4-8-14(12)18/h3-4,6,8,11,13H,5,7,9-10H2,1-2H3,(H,17,21)(H,19,20)/t11-,13-/m1/s1. The molecule has 2 amide bonds. The number of nitrogens with zero attached hydrogens (tertiary/aromatic N) is 1. The summed E-state index contributed by atoms with van der Waals surface area (Å²) in [5.41, 5.74) is 2.03. The van der Waals surface area contributed by atoms with Gasteiger partial charge in [-0.3, -0.25) is 9.69 Å². The molecule has 0 radical (unpaired) electrons. The van der Waals surface area contributed by atoms with Gasteiger partial charge in [-0.25, -0.2) is 4.79 Å². The number of carbonyl (C=O) groups excluding carboxylic acids is 1. The minimum Gasteiger partial charge on any atom is -0.481 e. The zero-order valence-electron chi connectivity index (χ0n) is 12.9. The van der Waals surface area contributed by atoms with Crippen molar-refractivity contribution in [1.29, 1.82) is 0 Å². The average molecular weight is 306 g/mol. The molecule has 2 N–H and O–H groups in total. The third-order valence-electron chi connectivity index (χ3n) is 4.00. The molecule has 1 heterocycles. The van der Waals surface area contributed by atoms with Crippen LogP contribution in [-0.2, 0) is 16.0 Å². The van der Waals surface area contributed by atoms with Crippen molar-refractivity contribution in [3.05, 3.63) is 29.8 Å². The maximum absolute atomic E-state index is 12.5. The van der Waals surface area contributed by atoms with E-state index in [9.17, 15) is 9.59 Å². The van der Waals surface area contributed by atoms with Crippen molar-refractivity contribution in [1.82, 2.24) is 5.32 Å². The highest BCUT2D eigenvalue weighted by Crippen LogP contribution is 2.26. The molecule has 1 aliphatic rings. The monoisotopic (exact) mass is 306 g/mol. The van der Waals surface area contributed by atoms with Crippen LogP contribution in [0.15, 0.2) is 24.3 Å². The number of carbonyl (C=O) groups is 2. The molecule has 0 aliphatic carbocycles. The lowest BCUT2D eigenvalue weighted by atomic mass is 10.0. The number of para-hydroxylation sites is 1. The smallest absolute Gasteiger partial charge is 0.322 e. The number of methoxy groups -OCH3 is 1. The molecule has 0 aromatic heterocycles. The Labute approximate surface area is 130 Å². The van der Waals surface area contributed by atoms with Crippen molar-refractivity contribution in [3.63, 3.8) is 0 Å². The SMILES string of the molecule is CO[C@H](C)[C@@H](CC(=O)O)NC(=O)N1CCCc2ccccc21. The first-order valence-corrected chi connectivity index (χ1v) is 7.43. The van der Waals surface area contributed by atoms with Crippen LogP contribution in [0.1, 0.15) is 25.3 Å². The van der Waals surface area contributed by atoms with Crippen molar-refractivity contribution in [2.24, 2.45) is 0 Å². The highest BCUT2D eigenvalue weighted by Gasteiger charge is 2.27. The molecule has 120 valence electrons. The molecule has 6 nitrogen and oxygen atoms in total. The predicted molar refractivity (Wildman–Crippen MR) is 83.2 cm³/mol. The van der Waals surface area contributed by atoms with E-state index < -0.39 is 12.0 Å². The van der Waals surface area contributed by atoms with E-state index in [1.165, 1.54) is 7.11 Å². The molecule has 2 atom stereocenters. The number of hydrogen-bond acceptors (Lipinski definition) is 3. The average Bonchev–Trinajstić information content (AvgIpc) is 2.52. The van der Waals surface area contributed by atoms with Gasteiger partial charge in [0, 0.05) is 19.3 Å². The first-order chi connectivity index (χ1) is 10.5. The highest BCUT2D eigenvalue weighted by atomic mass is 16.5. The first-order valence-electron chi connectivity index (χ1n) is 7.43. The fourth-order valence-electron chi connectivity index (χ4n) is 2.67. The Bertz CT molecular complexity index is 547. The number of rotatable bonds is 5. The lowest BCUT2D eigenvalue weighted by Crippen LogP contribution is -2.51. The number of fused-ring (bicyclic) bond motifs is 1. The van der Waals surface area contributed by atoms with Crippen LogP contribution in [0.25, 0.3) is 0 Å². The number of benzene rings is 1. The molecule has 6 heteroatoms. The summed E-state index contributed by atoms with van der Waals surface area (Å²) in [5, 5.41) is 11.8. The summed E-state index contributed by atoms with van der Waals surface area (Å²) in [4.78, 5) is 25.2. The molecule has 1 aromatic carbocycles. The molecule has 0 saturated heterocycles. The van der Waals surface area contributed by atoms with Gasteiger partial charge in [-0.1, -0.05) is 18.2 Å². The summed E-state index contributed by atoms with van der Waals surface area (Å²) in [5.74, 6) is -0.965. The summed E-state index contributed by atoms with van der Waals surface area (Å²) in [7, 11) is 1.50. The normalized spacial score (nSPS) is 16.5. The summed E-state index contributed by atoms with van der Waals surface area (Å²) in [6, 6.07) is 6.95. The first kappa shape index (κ1) is 16.3. The van der Waals surface area contributed by atoms with Gasteiger partial charge in [0.2, 0.25) is 0 Å². The van der Waals surface area contributed by atoms with Crippen molar-refractivity contribution >= 4 is 17.7 Å². The summed E-state index contributed by atoms with van der Waals surface area (Å²) >= 11 is 0. The molecule has 0 fully saturated rings. The fourth-order valence-corrected chi connectivity index (χ4v) is 2.67. The second-order valence-electron chi connectivity index (χ2n) is 5.48. The topological polar surface area (TPSA) is 78.9 Å². The Kier molecular flexibility index (Phi) is 5.38. The van der Waals surface area contributed by atoms with Crippen LogP contribution in [-0.4, -0.2) is 42.9 Å². The van der Waals surface area contributed by atoms with E-state index in [0.717, 1.165) is 24.1 Å². The Morgan fingerprint density at radius 3 is 2.82 bits per heavy atom. The molecule has 22 heavy (non-hydrogen) atoms. The van der Waals surface area contributed by atoms with Crippen LogP contribution in [0.5, 0.6) is 0 Å². The van der Waals surface area contributed by atoms with Crippen LogP contribution in [0.4, 0.5) is 10.5 Å². The molecule has 0 spiro atoms. The van der Waals surface area contributed by atoms with Crippen LogP contribution in [0.3, 0.4) is 0 Å². The lowest BCUT2D eigenvalue weighted by molar-refractivity contribution is -0.138. The van der Waals surface area contributed by atoms with E-state index in [1.807, 2.05) is 24.3 Å². The van der Waals surface area contributed by atoms with Crippen molar-refractivity contribution in [2.45, 2.75) is 38.3 Å². The van der Waals surface area contributed by atoms with E-state index in [0.29, 0.717) is 6.54 Å². The van der Waals surface area contributed by atoms with Gasteiger partial charge < -0.3 is 15.2 Å². The van der Waals surface area contributed by atoms with Gasteiger partial charge in [0.15, 0.2) is 0 Å². The Balaban J connectivity index is 2.12. The number of urea groups is 1. The van der Waals surface area contributed by atoms with Crippen molar-refractivity contribution < 1.29 is 19.4 Å². The number of carboxylic acids is 1. The summed E-state index contributed by atoms with van der Waals surface area (Å²) in [6.45, 7) is 2.38. The number of hydrogen-bond donors (Lipinski definition) is 2. The number of anilines is 1. The van der Waals surface area contributed by atoms with Crippen LogP contribution in [0.2, 0.25) is 0 Å². The van der Waals surface area contributed by atoms with E-state index >= 15 is 0 Å². The Morgan fingerprint density at radius 1 is 1.41 bits per heavy atom.